The number of nitrogens with zero attached hydrogens (tertiary/aromatic N) is 1. The molecule has 1 aromatic rings. The molecule has 0 aliphatic heterocycles. The summed E-state index contributed by atoms with van der Waals surface area (Å²) in [6, 6.07) is 3.06. The van der Waals surface area contributed by atoms with E-state index >= 15 is 0 Å². The van der Waals surface area contributed by atoms with E-state index in [2.05, 4.69) is 4.98 Å². The number of hydrogen-bond donors (Lipinski definition) is 1. The molecule has 70 valence electrons. The van der Waals surface area contributed by atoms with Crippen LogP contribution in [-0.2, 0) is 0 Å². The minimum atomic E-state index is -0.303. The molecule has 1 aromatic heterocycles. The molecule has 2 rings (SSSR count). The lowest BCUT2D eigenvalue weighted by molar-refractivity contribution is 0.573. The molecule has 1 saturated carbocycles. The predicted molar refractivity (Wildman–Crippen MR) is 48.5 cm³/mol. The van der Waals surface area contributed by atoms with Crippen molar-refractivity contribution in [3.63, 3.8) is 0 Å². The van der Waals surface area contributed by atoms with Gasteiger partial charge in [0.2, 0.25) is 0 Å². The fraction of sp³-hybridized carbons (Fsp3) is 0.500. The van der Waals surface area contributed by atoms with E-state index in [4.69, 9.17) is 5.73 Å². The molecule has 1 aliphatic rings. The molecule has 1 fully saturated rings. The summed E-state index contributed by atoms with van der Waals surface area (Å²) in [4.78, 5) is 3.96. The molecule has 2 nitrogen and oxygen atoms in total. The Labute approximate surface area is 77.0 Å². The van der Waals surface area contributed by atoms with E-state index in [1.165, 1.54) is 25.1 Å². The number of hydrogen-bond acceptors (Lipinski definition) is 2. The van der Waals surface area contributed by atoms with Crippen molar-refractivity contribution < 1.29 is 4.39 Å². The van der Waals surface area contributed by atoms with Crippen LogP contribution in [0.3, 0.4) is 0 Å². The molecule has 3 heteroatoms. The van der Waals surface area contributed by atoms with Crippen LogP contribution in [0.25, 0.3) is 0 Å². The maximum Gasteiger partial charge on any atom is 0.141 e. The summed E-state index contributed by atoms with van der Waals surface area (Å²) in [7, 11) is 0. The van der Waals surface area contributed by atoms with Gasteiger partial charge in [0.1, 0.15) is 5.82 Å². The fourth-order valence-electron chi connectivity index (χ4n) is 1.44. The second-order valence-electron chi connectivity index (χ2n) is 3.69. The lowest BCUT2D eigenvalue weighted by Gasteiger charge is -2.09. The Morgan fingerprint density at radius 1 is 1.54 bits per heavy atom. The van der Waals surface area contributed by atoms with Gasteiger partial charge in [0.25, 0.3) is 0 Å². The average Bonchev–Trinajstić information content (AvgIpc) is 2.89. The Balaban J connectivity index is 2.01. The molecule has 0 aromatic carbocycles. The third-order valence-electron chi connectivity index (χ3n) is 2.41. The van der Waals surface area contributed by atoms with Gasteiger partial charge < -0.3 is 5.73 Å². The van der Waals surface area contributed by atoms with E-state index in [1.807, 2.05) is 0 Å². The molecule has 0 unspecified atom stereocenters. The Kier molecular flexibility index (Phi) is 2.27. The van der Waals surface area contributed by atoms with Crippen LogP contribution >= 0.6 is 0 Å². The van der Waals surface area contributed by atoms with E-state index in [1.54, 1.807) is 6.07 Å². The Morgan fingerprint density at radius 3 is 2.85 bits per heavy atom. The fourth-order valence-corrected chi connectivity index (χ4v) is 1.44. The number of halogens is 1. The number of rotatable bonds is 3. The van der Waals surface area contributed by atoms with Crippen LogP contribution in [-0.4, -0.2) is 4.98 Å². The number of pyridine rings is 1. The van der Waals surface area contributed by atoms with Crippen molar-refractivity contribution in [3.8, 4) is 0 Å². The first-order valence-corrected chi connectivity index (χ1v) is 4.63. The molecule has 0 spiro atoms. The largest absolute Gasteiger partial charge is 0.323 e. The normalized spacial score (nSPS) is 18.6. The maximum absolute atomic E-state index is 12.5. The Morgan fingerprint density at radius 2 is 2.31 bits per heavy atom. The van der Waals surface area contributed by atoms with Gasteiger partial charge in [0.15, 0.2) is 0 Å². The first-order valence-electron chi connectivity index (χ1n) is 4.63. The van der Waals surface area contributed by atoms with Gasteiger partial charge in [-0.1, -0.05) is 12.8 Å². The van der Waals surface area contributed by atoms with Gasteiger partial charge in [0.05, 0.1) is 11.9 Å². The summed E-state index contributed by atoms with van der Waals surface area (Å²) >= 11 is 0. The highest BCUT2D eigenvalue weighted by Gasteiger charge is 2.24. The van der Waals surface area contributed by atoms with E-state index < -0.39 is 0 Å². The van der Waals surface area contributed by atoms with Gasteiger partial charge in [-0.15, -0.1) is 0 Å². The second-order valence-corrected chi connectivity index (χ2v) is 3.69. The van der Waals surface area contributed by atoms with Crippen molar-refractivity contribution in [1.82, 2.24) is 4.98 Å². The molecular formula is C10H13FN2. The summed E-state index contributed by atoms with van der Waals surface area (Å²) in [5, 5.41) is 0. The van der Waals surface area contributed by atoms with Gasteiger partial charge in [0, 0.05) is 6.04 Å². The van der Waals surface area contributed by atoms with Gasteiger partial charge >= 0.3 is 0 Å². The Hall–Kier alpha value is -0.960. The van der Waals surface area contributed by atoms with Gasteiger partial charge in [-0.05, 0) is 24.5 Å². The summed E-state index contributed by atoms with van der Waals surface area (Å²) in [5.41, 5.74) is 6.70. The summed E-state index contributed by atoms with van der Waals surface area (Å²) in [6.45, 7) is 0. The van der Waals surface area contributed by atoms with Crippen molar-refractivity contribution >= 4 is 0 Å². The van der Waals surface area contributed by atoms with Crippen LogP contribution in [0.1, 0.15) is 31.0 Å². The Bertz CT molecular complexity index is 279. The van der Waals surface area contributed by atoms with Crippen LogP contribution < -0.4 is 5.73 Å². The van der Waals surface area contributed by atoms with E-state index in [9.17, 15) is 4.39 Å². The van der Waals surface area contributed by atoms with Gasteiger partial charge in [-0.3, -0.25) is 4.98 Å². The molecule has 0 amide bonds. The monoisotopic (exact) mass is 180 g/mol. The van der Waals surface area contributed by atoms with E-state index in [0.717, 1.165) is 18.0 Å². The molecule has 1 aliphatic carbocycles. The quantitative estimate of drug-likeness (QED) is 0.772. The average molecular weight is 180 g/mol. The molecular weight excluding hydrogens is 167 g/mol. The molecule has 2 N–H and O–H groups in total. The van der Waals surface area contributed by atoms with Crippen LogP contribution in [0.4, 0.5) is 4.39 Å². The highest BCUT2D eigenvalue weighted by Crippen LogP contribution is 2.36. The van der Waals surface area contributed by atoms with E-state index in [0.29, 0.717) is 0 Å². The van der Waals surface area contributed by atoms with Crippen molar-refractivity contribution in [2.45, 2.75) is 25.3 Å². The van der Waals surface area contributed by atoms with Crippen LogP contribution in [0.15, 0.2) is 18.3 Å². The first-order chi connectivity index (χ1) is 6.25. The lowest BCUT2D eigenvalue weighted by Crippen LogP contribution is -2.12. The molecule has 0 saturated heterocycles. The summed E-state index contributed by atoms with van der Waals surface area (Å²) in [6.07, 6.45) is 4.78. The highest BCUT2D eigenvalue weighted by atomic mass is 19.1. The third kappa shape index (κ3) is 2.25. The predicted octanol–water partition coefficient (Wildman–Crippen LogP) is 2.02. The summed E-state index contributed by atoms with van der Waals surface area (Å²) < 4.78 is 12.5. The lowest BCUT2D eigenvalue weighted by atomic mass is 10.1. The molecule has 1 heterocycles. The topological polar surface area (TPSA) is 38.9 Å². The van der Waals surface area contributed by atoms with Crippen molar-refractivity contribution in [1.29, 1.82) is 0 Å². The zero-order valence-electron chi connectivity index (χ0n) is 7.41. The smallest absolute Gasteiger partial charge is 0.141 e. The molecule has 13 heavy (non-hydrogen) atoms. The van der Waals surface area contributed by atoms with Crippen molar-refractivity contribution in [3.05, 3.63) is 29.8 Å². The maximum atomic E-state index is 12.5. The highest BCUT2D eigenvalue weighted by molar-refractivity contribution is 5.09. The van der Waals surface area contributed by atoms with Crippen molar-refractivity contribution in [2.24, 2.45) is 11.7 Å². The van der Waals surface area contributed by atoms with Crippen LogP contribution in [0.2, 0.25) is 0 Å². The SMILES string of the molecule is N[C@@H](CC1CC1)c1ccc(F)cn1. The summed E-state index contributed by atoms with van der Waals surface area (Å²) in [5.74, 6) is 0.476. The second kappa shape index (κ2) is 3.42. The first kappa shape index (κ1) is 8.63. The third-order valence-corrected chi connectivity index (χ3v) is 2.41. The van der Waals surface area contributed by atoms with Gasteiger partial charge in [-0.2, -0.15) is 0 Å². The number of aromatic nitrogens is 1. The molecule has 0 radical (unpaired) electrons. The van der Waals surface area contributed by atoms with Crippen LogP contribution in [0.5, 0.6) is 0 Å². The minimum Gasteiger partial charge on any atom is -0.323 e. The van der Waals surface area contributed by atoms with E-state index in [-0.39, 0.29) is 11.9 Å². The minimum absolute atomic E-state index is 0.0203. The zero-order valence-corrected chi connectivity index (χ0v) is 7.41. The molecule has 1 atom stereocenters. The standard InChI is InChI=1S/C10H13FN2/c11-8-3-4-10(13-6-8)9(12)5-7-1-2-7/h3-4,6-7,9H,1-2,5,12H2/t9-/m0/s1. The number of nitrogens with two attached hydrogens (primary N) is 1. The zero-order chi connectivity index (χ0) is 9.26. The van der Waals surface area contributed by atoms with Gasteiger partial charge in [-0.25, -0.2) is 4.39 Å². The van der Waals surface area contributed by atoms with Crippen LogP contribution in [0, 0.1) is 11.7 Å². The molecule has 0 bridgehead atoms. The van der Waals surface area contributed by atoms with Crippen molar-refractivity contribution in [2.75, 3.05) is 0 Å².